The van der Waals surface area contributed by atoms with E-state index in [4.69, 9.17) is 0 Å². The van der Waals surface area contributed by atoms with Crippen LogP contribution in [0.5, 0.6) is 0 Å². The second kappa shape index (κ2) is 7.81. The first kappa shape index (κ1) is 15.5. The van der Waals surface area contributed by atoms with Crippen LogP contribution in [0, 0.1) is 0 Å². The molecule has 1 unspecified atom stereocenters. The van der Waals surface area contributed by atoms with Gasteiger partial charge in [0, 0.05) is 21.6 Å². The normalized spacial score (nSPS) is 12.3. The molecule has 0 radical (unpaired) electrons. The zero-order valence-corrected chi connectivity index (χ0v) is 14.2. The van der Waals surface area contributed by atoms with Crippen molar-refractivity contribution in [2.24, 2.45) is 0 Å². The summed E-state index contributed by atoms with van der Waals surface area (Å²) in [6.45, 7) is 5.42. The first-order valence-corrected chi connectivity index (χ1v) is 8.43. The molecule has 0 saturated heterocycles. The van der Waals surface area contributed by atoms with Crippen molar-refractivity contribution >= 4 is 27.7 Å². The minimum absolute atomic E-state index is 0.332. The Balaban J connectivity index is 2.23. The molecule has 2 aromatic rings. The van der Waals surface area contributed by atoms with Crippen LogP contribution in [0.3, 0.4) is 0 Å². The second-order valence-corrected chi connectivity index (χ2v) is 6.61. The van der Waals surface area contributed by atoms with Gasteiger partial charge in [0.25, 0.3) is 0 Å². The van der Waals surface area contributed by atoms with Crippen LogP contribution in [0.25, 0.3) is 0 Å². The molecule has 106 valence electrons. The second-order valence-electron chi connectivity index (χ2n) is 4.63. The Morgan fingerprint density at radius 3 is 2.85 bits per heavy atom. The van der Waals surface area contributed by atoms with Gasteiger partial charge in [-0.05, 0) is 55.8 Å². The van der Waals surface area contributed by atoms with Gasteiger partial charge in [0.2, 0.25) is 0 Å². The van der Waals surface area contributed by atoms with Crippen molar-refractivity contribution in [2.75, 3.05) is 6.54 Å². The molecule has 1 atom stereocenters. The number of nitrogens with one attached hydrogen (secondary N) is 1. The van der Waals surface area contributed by atoms with E-state index in [9.17, 15) is 0 Å². The van der Waals surface area contributed by atoms with Gasteiger partial charge in [-0.1, -0.05) is 40.7 Å². The molecule has 1 aromatic carbocycles. The van der Waals surface area contributed by atoms with Crippen molar-refractivity contribution < 1.29 is 0 Å². The van der Waals surface area contributed by atoms with Gasteiger partial charge in [0.1, 0.15) is 5.03 Å². The Bertz CT molecular complexity index is 545. The average molecular weight is 351 g/mol. The van der Waals surface area contributed by atoms with Crippen molar-refractivity contribution in [1.82, 2.24) is 10.3 Å². The number of benzene rings is 1. The molecule has 20 heavy (non-hydrogen) atoms. The van der Waals surface area contributed by atoms with Gasteiger partial charge in [-0.3, -0.25) is 0 Å². The number of aromatic nitrogens is 1. The first-order valence-electron chi connectivity index (χ1n) is 6.82. The molecule has 1 heterocycles. The fourth-order valence-corrected chi connectivity index (χ4v) is 3.30. The minimum atomic E-state index is 0.332. The van der Waals surface area contributed by atoms with Crippen LogP contribution < -0.4 is 5.32 Å². The maximum atomic E-state index is 4.39. The maximum Gasteiger partial charge on any atom is 0.101 e. The molecule has 0 fully saturated rings. The molecule has 1 aromatic heterocycles. The predicted octanol–water partition coefficient (Wildman–Crippen LogP) is 5.06. The van der Waals surface area contributed by atoms with Gasteiger partial charge in [0.05, 0.1) is 0 Å². The maximum absolute atomic E-state index is 4.39. The Hall–Kier alpha value is -0.840. The number of hydrogen-bond acceptors (Lipinski definition) is 3. The Morgan fingerprint density at radius 1 is 1.30 bits per heavy atom. The summed E-state index contributed by atoms with van der Waals surface area (Å²) in [6.07, 6.45) is 2.97. The summed E-state index contributed by atoms with van der Waals surface area (Å²) in [5.41, 5.74) is 1.31. The SMILES string of the molecule is CCCNC(C)c1cc(Br)ccc1Sc1ccccn1. The fraction of sp³-hybridized carbons (Fsp3) is 0.312. The molecule has 2 rings (SSSR count). The van der Waals surface area contributed by atoms with Crippen LogP contribution >= 0.6 is 27.7 Å². The molecular formula is C16H19BrN2S. The van der Waals surface area contributed by atoms with Gasteiger partial charge in [-0.2, -0.15) is 0 Å². The van der Waals surface area contributed by atoms with E-state index in [0.29, 0.717) is 6.04 Å². The molecule has 0 aliphatic heterocycles. The number of pyridine rings is 1. The van der Waals surface area contributed by atoms with Gasteiger partial charge < -0.3 is 5.32 Å². The van der Waals surface area contributed by atoms with E-state index in [0.717, 1.165) is 22.5 Å². The first-order chi connectivity index (χ1) is 9.70. The summed E-state index contributed by atoms with van der Waals surface area (Å²) >= 11 is 5.28. The highest BCUT2D eigenvalue weighted by atomic mass is 79.9. The number of nitrogens with zero attached hydrogens (tertiary/aromatic N) is 1. The number of hydrogen-bond donors (Lipinski definition) is 1. The highest BCUT2D eigenvalue weighted by Gasteiger charge is 2.12. The number of halogens is 1. The van der Waals surface area contributed by atoms with Crippen LogP contribution in [-0.4, -0.2) is 11.5 Å². The Morgan fingerprint density at radius 2 is 2.15 bits per heavy atom. The van der Waals surface area contributed by atoms with Crippen molar-refractivity contribution in [3.05, 3.63) is 52.6 Å². The van der Waals surface area contributed by atoms with Gasteiger partial charge in [0.15, 0.2) is 0 Å². The van der Waals surface area contributed by atoms with E-state index in [-0.39, 0.29) is 0 Å². The molecule has 0 amide bonds. The van der Waals surface area contributed by atoms with E-state index in [1.54, 1.807) is 11.8 Å². The van der Waals surface area contributed by atoms with Crippen LogP contribution in [0.15, 0.2) is 57.0 Å². The van der Waals surface area contributed by atoms with Crippen LogP contribution in [0.1, 0.15) is 31.9 Å². The van der Waals surface area contributed by atoms with Crippen LogP contribution in [0.2, 0.25) is 0 Å². The van der Waals surface area contributed by atoms with Gasteiger partial charge >= 0.3 is 0 Å². The van der Waals surface area contributed by atoms with Gasteiger partial charge in [-0.15, -0.1) is 0 Å². The zero-order valence-electron chi connectivity index (χ0n) is 11.8. The lowest BCUT2D eigenvalue weighted by Crippen LogP contribution is -2.19. The largest absolute Gasteiger partial charge is 0.310 e. The van der Waals surface area contributed by atoms with E-state index in [2.05, 4.69) is 58.3 Å². The summed E-state index contributed by atoms with van der Waals surface area (Å²) in [4.78, 5) is 5.64. The highest BCUT2D eigenvalue weighted by molar-refractivity contribution is 9.10. The molecule has 1 N–H and O–H groups in total. The smallest absolute Gasteiger partial charge is 0.101 e. The third-order valence-corrected chi connectivity index (χ3v) is 4.53. The highest BCUT2D eigenvalue weighted by Crippen LogP contribution is 2.33. The third kappa shape index (κ3) is 4.33. The van der Waals surface area contributed by atoms with E-state index < -0.39 is 0 Å². The van der Waals surface area contributed by atoms with Crippen LogP contribution in [0.4, 0.5) is 0 Å². The van der Waals surface area contributed by atoms with Gasteiger partial charge in [-0.25, -0.2) is 4.98 Å². The fourth-order valence-electron chi connectivity index (χ4n) is 1.94. The van der Waals surface area contributed by atoms with E-state index in [1.807, 2.05) is 24.4 Å². The van der Waals surface area contributed by atoms with Crippen molar-refractivity contribution in [3.63, 3.8) is 0 Å². The Kier molecular flexibility index (Phi) is 6.07. The average Bonchev–Trinajstić information content (AvgIpc) is 2.47. The molecule has 0 saturated carbocycles. The minimum Gasteiger partial charge on any atom is -0.310 e. The summed E-state index contributed by atoms with van der Waals surface area (Å²) in [5, 5.41) is 4.57. The van der Waals surface area contributed by atoms with Crippen LogP contribution in [-0.2, 0) is 0 Å². The lowest BCUT2D eigenvalue weighted by atomic mass is 10.1. The molecule has 4 heteroatoms. The summed E-state index contributed by atoms with van der Waals surface area (Å²) in [7, 11) is 0. The standard InChI is InChI=1S/C16H19BrN2S/c1-3-9-18-12(2)14-11-13(17)7-8-15(14)20-16-6-4-5-10-19-16/h4-8,10-12,18H,3,9H2,1-2H3. The predicted molar refractivity (Wildman–Crippen MR) is 89.2 cm³/mol. The molecule has 0 spiro atoms. The van der Waals surface area contributed by atoms with E-state index >= 15 is 0 Å². The summed E-state index contributed by atoms with van der Waals surface area (Å²) in [5.74, 6) is 0. The van der Waals surface area contributed by atoms with Crippen molar-refractivity contribution in [1.29, 1.82) is 0 Å². The lowest BCUT2D eigenvalue weighted by molar-refractivity contribution is 0.563. The quantitative estimate of drug-likeness (QED) is 0.788. The van der Waals surface area contributed by atoms with Crippen molar-refractivity contribution in [2.45, 2.75) is 36.2 Å². The third-order valence-electron chi connectivity index (χ3n) is 2.99. The number of rotatable bonds is 6. The zero-order chi connectivity index (χ0) is 14.4. The monoisotopic (exact) mass is 350 g/mol. The molecular weight excluding hydrogens is 332 g/mol. The van der Waals surface area contributed by atoms with E-state index in [1.165, 1.54) is 10.5 Å². The summed E-state index contributed by atoms with van der Waals surface area (Å²) < 4.78 is 1.11. The van der Waals surface area contributed by atoms with Crippen molar-refractivity contribution in [3.8, 4) is 0 Å². The topological polar surface area (TPSA) is 24.9 Å². The molecule has 0 aliphatic carbocycles. The molecule has 2 nitrogen and oxygen atoms in total. The Labute approximate surface area is 133 Å². The lowest BCUT2D eigenvalue weighted by Gasteiger charge is -2.17. The molecule has 0 aliphatic rings. The molecule has 0 bridgehead atoms. The summed E-state index contributed by atoms with van der Waals surface area (Å²) in [6, 6.07) is 12.8.